The highest BCUT2D eigenvalue weighted by Crippen LogP contribution is 2.31. The van der Waals surface area contributed by atoms with Gasteiger partial charge in [0, 0.05) is 5.39 Å². The Hall–Kier alpha value is -3.98. The molecule has 178 valence electrons. The van der Waals surface area contributed by atoms with Crippen LogP contribution in [0.2, 0.25) is 0 Å². The van der Waals surface area contributed by atoms with Crippen molar-refractivity contribution in [1.82, 2.24) is 9.78 Å². The van der Waals surface area contributed by atoms with Crippen molar-refractivity contribution in [2.24, 2.45) is 0 Å². The van der Waals surface area contributed by atoms with E-state index < -0.39 is 18.0 Å². The Kier molecular flexibility index (Phi) is 5.86. The number of fused-ring (bicyclic) bond motifs is 2. The molecule has 0 aliphatic carbocycles. The van der Waals surface area contributed by atoms with Crippen LogP contribution in [-0.2, 0) is 20.9 Å². The molecule has 1 aliphatic heterocycles. The van der Waals surface area contributed by atoms with Crippen LogP contribution in [0.5, 0.6) is 0 Å². The minimum Gasteiger partial charge on any atom is -0.448 e. The molecule has 0 spiro atoms. The lowest BCUT2D eigenvalue weighted by molar-refractivity contribution is -0.128. The van der Waals surface area contributed by atoms with Crippen LogP contribution in [0.1, 0.15) is 33.4 Å². The summed E-state index contributed by atoms with van der Waals surface area (Å²) >= 11 is 1.29. The molecule has 0 saturated heterocycles. The van der Waals surface area contributed by atoms with E-state index in [1.54, 1.807) is 30.3 Å². The standard InChI is InChI=1S/C26H24N4O4S/c1-15-8-10-18(11-9-15)13-30-25-19(16(2)28-30)12-22(35-25)26(33)34-17(3)24(32)29-14-23(31)27-20-6-4-5-7-21(20)29/h4-12,17H,13-14H2,1-3H3,(H,27,31)/t17-/m1/s1. The fraction of sp³-hybridized carbons (Fsp3) is 0.231. The number of carbonyl (C=O) groups excluding carboxylic acids is 3. The highest BCUT2D eigenvalue weighted by atomic mass is 32.1. The predicted octanol–water partition coefficient (Wildman–Crippen LogP) is 4.29. The lowest BCUT2D eigenvalue weighted by Gasteiger charge is -2.30. The maximum atomic E-state index is 13.1. The fourth-order valence-electron chi connectivity index (χ4n) is 4.11. The number of rotatable bonds is 5. The molecular weight excluding hydrogens is 464 g/mol. The topological polar surface area (TPSA) is 93.5 Å². The van der Waals surface area contributed by atoms with Crippen molar-refractivity contribution < 1.29 is 19.1 Å². The summed E-state index contributed by atoms with van der Waals surface area (Å²) in [5, 5.41) is 8.25. The van der Waals surface area contributed by atoms with Gasteiger partial charge in [0.15, 0.2) is 6.10 Å². The van der Waals surface area contributed by atoms with Crippen molar-refractivity contribution >= 4 is 50.7 Å². The summed E-state index contributed by atoms with van der Waals surface area (Å²) in [5.41, 5.74) is 4.25. The number of anilines is 2. The summed E-state index contributed by atoms with van der Waals surface area (Å²) in [7, 11) is 0. The molecule has 5 rings (SSSR count). The molecule has 0 radical (unpaired) electrons. The molecule has 1 N–H and O–H groups in total. The number of ether oxygens (including phenoxy) is 1. The van der Waals surface area contributed by atoms with E-state index in [0.29, 0.717) is 22.8 Å². The number of carbonyl (C=O) groups is 3. The van der Waals surface area contributed by atoms with Crippen molar-refractivity contribution in [1.29, 1.82) is 0 Å². The van der Waals surface area contributed by atoms with E-state index in [-0.39, 0.29) is 12.5 Å². The average Bonchev–Trinajstić information content (AvgIpc) is 3.40. The molecule has 2 amide bonds. The Morgan fingerprint density at radius 2 is 1.89 bits per heavy atom. The zero-order valence-electron chi connectivity index (χ0n) is 19.6. The van der Waals surface area contributed by atoms with Gasteiger partial charge in [-0.25, -0.2) is 4.79 Å². The number of para-hydroxylation sites is 2. The summed E-state index contributed by atoms with van der Waals surface area (Å²) < 4.78 is 7.41. The van der Waals surface area contributed by atoms with Gasteiger partial charge in [0.1, 0.15) is 16.3 Å². The third kappa shape index (κ3) is 4.42. The first-order chi connectivity index (χ1) is 16.8. The van der Waals surface area contributed by atoms with Gasteiger partial charge < -0.3 is 10.1 Å². The van der Waals surface area contributed by atoms with Crippen LogP contribution in [0.15, 0.2) is 54.6 Å². The van der Waals surface area contributed by atoms with Gasteiger partial charge in [0.25, 0.3) is 5.91 Å². The van der Waals surface area contributed by atoms with Crippen molar-refractivity contribution in [3.8, 4) is 0 Å². The van der Waals surface area contributed by atoms with E-state index in [2.05, 4.69) is 34.7 Å². The van der Waals surface area contributed by atoms with Crippen LogP contribution in [0.3, 0.4) is 0 Å². The van der Waals surface area contributed by atoms with Gasteiger partial charge in [-0.3, -0.25) is 19.2 Å². The Labute approximate surface area is 206 Å². The SMILES string of the molecule is Cc1ccc(Cn2nc(C)c3cc(C(=O)O[C@H](C)C(=O)N4CC(=O)Nc5ccccc54)sc32)cc1. The van der Waals surface area contributed by atoms with Crippen LogP contribution in [0, 0.1) is 13.8 Å². The molecule has 9 heteroatoms. The van der Waals surface area contributed by atoms with E-state index >= 15 is 0 Å². The van der Waals surface area contributed by atoms with Gasteiger partial charge in [-0.1, -0.05) is 42.0 Å². The maximum Gasteiger partial charge on any atom is 0.349 e. The minimum atomic E-state index is -1.06. The predicted molar refractivity (Wildman–Crippen MR) is 135 cm³/mol. The molecule has 1 aliphatic rings. The number of nitrogens with one attached hydrogen (secondary N) is 1. The van der Waals surface area contributed by atoms with Gasteiger partial charge in [0.2, 0.25) is 5.91 Å². The van der Waals surface area contributed by atoms with Crippen molar-refractivity contribution in [3.05, 3.63) is 76.3 Å². The van der Waals surface area contributed by atoms with Gasteiger partial charge in [-0.15, -0.1) is 11.3 Å². The molecule has 2 aromatic carbocycles. The van der Waals surface area contributed by atoms with Crippen molar-refractivity contribution in [2.75, 3.05) is 16.8 Å². The molecule has 0 fully saturated rings. The molecule has 4 aromatic rings. The van der Waals surface area contributed by atoms with E-state index in [4.69, 9.17) is 4.74 Å². The second-order valence-electron chi connectivity index (χ2n) is 8.60. The Bertz CT molecular complexity index is 1450. The zero-order valence-corrected chi connectivity index (χ0v) is 20.4. The molecule has 8 nitrogen and oxygen atoms in total. The van der Waals surface area contributed by atoms with E-state index in [0.717, 1.165) is 21.5 Å². The first kappa shape index (κ1) is 22.8. The summed E-state index contributed by atoms with van der Waals surface area (Å²) in [6.45, 7) is 5.93. The number of aromatic nitrogens is 2. The number of benzene rings is 2. The summed E-state index contributed by atoms with van der Waals surface area (Å²) in [6.07, 6.45) is -1.06. The lowest BCUT2D eigenvalue weighted by atomic mass is 10.1. The fourth-order valence-corrected chi connectivity index (χ4v) is 5.15. The molecule has 3 heterocycles. The van der Waals surface area contributed by atoms with Crippen LogP contribution < -0.4 is 10.2 Å². The normalized spacial score (nSPS) is 13.9. The quantitative estimate of drug-likeness (QED) is 0.423. The van der Waals surface area contributed by atoms with Crippen LogP contribution >= 0.6 is 11.3 Å². The lowest BCUT2D eigenvalue weighted by Crippen LogP contribution is -2.47. The van der Waals surface area contributed by atoms with E-state index in [9.17, 15) is 14.4 Å². The van der Waals surface area contributed by atoms with Gasteiger partial charge in [0.05, 0.1) is 23.6 Å². The van der Waals surface area contributed by atoms with Crippen molar-refractivity contribution in [3.63, 3.8) is 0 Å². The minimum absolute atomic E-state index is 0.130. The number of thiophene rings is 1. The Morgan fingerprint density at radius 1 is 1.14 bits per heavy atom. The summed E-state index contributed by atoms with van der Waals surface area (Å²) in [6, 6.07) is 17.0. The van der Waals surface area contributed by atoms with E-state index in [1.807, 2.05) is 18.5 Å². The smallest absolute Gasteiger partial charge is 0.349 e. The number of aryl methyl sites for hydroxylation is 2. The molecule has 0 saturated carbocycles. The number of amides is 2. The molecule has 1 atom stereocenters. The van der Waals surface area contributed by atoms with Crippen molar-refractivity contribution in [2.45, 2.75) is 33.4 Å². The second-order valence-corrected chi connectivity index (χ2v) is 9.63. The molecule has 2 aromatic heterocycles. The number of nitrogens with zero attached hydrogens (tertiary/aromatic N) is 3. The van der Waals surface area contributed by atoms with Gasteiger partial charge in [-0.05, 0) is 44.5 Å². The van der Waals surface area contributed by atoms with Gasteiger partial charge >= 0.3 is 5.97 Å². The molecule has 0 unspecified atom stereocenters. The summed E-state index contributed by atoms with van der Waals surface area (Å²) in [4.78, 5) is 40.7. The molecule has 0 bridgehead atoms. The highest BCUT2D eigenvalue weighted by molar-refractivity contribution is 7.20. The average molecular weight is 489 g/mol. The monoisotopic (exact) mass is 488 g/mol. The highest BCUT2D eigenvalue weighted by Gasteiger charge is 2.32. The first-order valence-corrected chi connectivity index (χ1v) is 12.1. The van der Waals surface area contributed by atoms with E-state index in [1.165, 1.54) is 28.7 Å². The number of hydrogen-bond donors (Lipinski definition) is 1. The van der Waals surface area contributed by atoms with Crippen LogP contribution in [-0.4, -0.2) is 40.2 Å². The number of esters is 1. The zero-order chi connectivity index (χ0) is 24.7. The summed E-state index contributed by atoms with van der Waals surface area (Å²) in [5.74, 6) is -1.33. The van der Waals surface area contributed by atoms with Crippen LogP contribution in [0.4, 0.5) is 11.4 Å². The largest absolute Gasteiger partial charge is 0.448 e. The third-order valence-corrected chi connectivity index (χ3v) is 7.06. The number of hydrogen-bond acceptors (Lipinski definition) is 6. The first-order valence-electron chi connectivity index (χ1n) is 11.2. The molecular formula is C26H24N4O4S. The third-order valence-electron chi connectivity index (χ3n) is 5.93. The second kappa shape index (κ2) is 8.99. The Morgan fingerprint density at radius 3 is 2.66 bits per heavy atom. The molecule has 35 heavy (non-hydrogen) atoms. The van der Waals surface area contributed by atoms with Crippen LogP contribution in [0.25, 0.3) is 10.2 Å². The Balaban J connectivity index is 1.34. The maximum absolute atomic E-state index is 13.1. The van der Waals surface area contributed by atoms with Gasteiger partial charge in [-0.2, -0.15) is 5.10 Å².